The van der Waals surface area contributed by atoms with Crippen LogP contribution in [-0.2, 0) is 0 Å². The molecule has 88 valence electrons. The molecule has 2 aromatic rings. The molecule has 0 aliphatic rings. The number of carboxylic acid groups (broad SMARTS) is 1. The summed E-state index contributed by atoms with van der Waals surface area (Å²) in [6.07, 6.45) is 2.94. The molecule has 1 N–H and O–H groups in total. The topological polar surface area (TPSA) is 66.3 Å². The molecular formula is C10H8FN3O2S. The molecule has 0 spiro atoms. The fraction of sp³-hybridized carbons (Fsp3) is 0.100. The van der Waals surface area contributed by atoms with Crippen LogP contribution in [-0.4, -0.2) is 28.2 Å². The summed E-state index contributed by atoms with van der Waals surface area (Å²) in [6, 6.07) is 1.30. The lowest BCUT2D eigenvalue weighted by molar-refractivity contribution is 0.203. The number of halogens is 1. The number of carbonyl (C=O) groups is 1. The smallest absolute Gasteiger partial charge is 0.412 e. The molecule has 1 amide bonds. The van der Waals surface area contributed by atoms with Gasteiger partial charge in [0.15, 0.2) is 0 Å². The molecule has 0 bridgehead atoms. The molecule has 0 saturated carbocycles. The first-order valence-corrected chi connectivity index (χ1v) is 5.43. The van der Waals surface area contributed by atoms with Crippen LogP contribution >= 0.6 is 11.3 Å². The van der Waals surface area contributed by atoms with Gasteiger partial charge in [0, 0.05) is 18.8 Å². The summed E-state index contributed by atoms with van der Waals surface area (Å²) in [5, 5.41) is 9.79. The monoisotopic (exact) mass is 253 g/mol. The van der Waals surface area contributed by atoms with Gasteiger partial charge in [0.05, 0.1) is 12.4 Å². The SMILES string of the molecule is CN(C(=O)O)c1cnc(-c2cncc(F)c2)s1. The standard InChI is InChI=1S/C10H8FN3O2S/c1-14(10(15)16)8-5-13-9(17-8)6-2-7(11)4-12-3-6/h2-5H,1H3,(H,15,16). The van der Waals surface area contributed by atoms with E-state index in [1.165, 1.54) is 25.5 Å². The molecule has 2 rings (SSSR count). The highest BCUT2D eigenvalue weighted by atomic mass is 32.1. The highest BCUT2D eigenvalue weighted by Gasteiger charge is 2.13. The predicted molar refractivity (Wildman–Crippen MR) is 61.7 cm³/mol. The van der Waals surface area contributed by atoms with Crippen molar-refractivity contribution in [2.75, 3.05) is 11.9 Å². The Morgan fingerprint density at radius 1 is 1.47 bits per heavy atom. The van der Waals surface area contributed by atoms with Crippen molar-refractivity contribution < 1.29 is 14.3 Å². The van der Waals surface area contributed by atoms with E-state index in [1.54, 1.807) is 0 Å². The second-order valence-corrected chi connectivity index (χ2v) is 4.25. The van der Waals surface area contributed by atoms with Crippen molar-refractivity contribution >= 4 is 22.4 Å². The molecule has 0 aliphatic carbocycles. The number of hydrogen-bond acceptors (Lipinski definition) is 4. The number of aromatic nitrogens is 2. The van der Waals surface area contributed by atoms with Gasteiger partial charge in [-0.15, -0.1) is 0 Å². The van der Waals surface area contributed by atoms with Gasteiger partial charge in [0.2, 0.25) is 0 Å². The van der Waals surface area contributed by atoms with E-state index < -0.39 is 11.9 Å². The maximum atomic E-state index is 13.0. The zero-order valence-corrected chi connectivity index (χ0v) is 9.61. The lowest BCUT2D eigenvalue weighted by Gasteiger charge is -2.07. The van der Waals surface area contributed by atoms with E-state index in [-0.39, 0.29) is 0 Å². The van der Waals surface area contributed by atoms with Crippen LogP contribution in [0.25, 0.3) is 10.6 Å². The molecule has 5 nitrogen and oxygen atoms in total. The molecular weight excluding hydrogens is 245 g/mol. The number of thiazole rings is 1. The highest BCUT2D eigenvalue weighted by Crippen LogP contribution is 2.30. The lowest BCUT2D eigenvalue weighted by atomic mass is 10.3. The minimum atomic E-state index is -1.07. The molecule has 0 unspecified atom stereocenters. The summed E-state index contributed by atoms with van der Waals surface area (Å²) in [5.74, 6) is -0.453. The Labute approximate surface area is 100 Å². The van der Waals surface area contributed by atoms with Gasteiger partial charge in [-0.3, -0.25) is 9.88 Å². The van der Waals surface area contributed by atoms with Crippen LogP contribution in [0.15, 0.2) is 24.7 Å². The van der Waals surface area contributed by atoms with Crippen LogP contribution in [0.5, 0.6) is 0 Å². The first-order chi connectivity index (χ1) is 8.08. The second kappa shape index (κ2) is 4.46. The van der Waals surface area contributed by atoms with Crippen molar-refractivity contribution in [1.29, 1.82) is 0 Å². The molecule has 0 aromatic carbocycles. The molecule has 0 fully saturated rings. The summed E-state index contributed by atoms with van der Waals surface area (Å²) in [7, 11) is 1.42. The summed E-state index contributed by atoms with van der Waals surface area (Å²) in [6.45, 7) is 0. The molecule has 2 aromatic heterocycles. The highest BCUT2D eigenvalue weighted by molar-refractivity contribution is 7.19. The van der Waals surface area contributed by atoms with Crippen LogP contribution in [0.4, 0.5) is 14.2 Å². The van der Waals surface area contributed by atoms with Crippen LogP contribution < -0.4 is 4.90 Å². The minimum absolute atomic E-state index is 0.453. The largest absolute Gasteiger partial charge is 0.465 e. The van der Waals surface area contributed by atoms with Crippen molar-refractivity contribution in [2.45, 2.75) is 0 Å². The average molecular weight is 253 g/mol. The Morgan fingerprint density at radius 3 is 2.88 bits per heavy atom. The molecule has 17 heavy (non-hydrogen) atoms. The van der Waals surface area contributed by atoms with Gasteiger partial charge >= 0.3 is 6.09 Å². The van der Waals surface area contributed by atoms with Crippen molar-refractivity contribution in [3.63, 3.8) is 0 Å². The molecule has 0 atom stereocenters. The number of pyridine rings is 1. The Morgan fingerprint density at radius 2 is 2.24 bits per heavy atom. The summed E-state index contributed by atoms with van der Waals surface area (Å²) >= 11 is 1.16. The van der Waals surface area contributed by atoms with Gasteiger partial charge in [0.25, 0.3) is 0 Å². The summed E-state index contributed by atoms with van der Waals surface area (Å²) in [4.78, 5) is 19.5. The average Bonchev–Trinajstić information content (AvgIpc) is 2.77. The fourth-order valence-electron chi connectivity index (χ4n) is 1.18. The normalized spacial score (nSPS) is 10.2. The lowest BCUT2D eigenvalue weighted by Crippen LogP contribution is -2.22. The molecule has 0 aliphatic heterocycles. The van der Waals surface area contributed by atoms with E-state index in [4.69, 9.17) is 5.11 Å². The fourth-order valence-corrected chi connectivity index (χ4v) is 2.03. The number of anilines is 1. The van der Waals surface area contributed by atoms with Gasteiger partial charge in [-0.1, -0.05) is 11.3 Å². The minimum Gasteiger partial charge on any atom is -0.465 e. The maximum absolute atomic E-state index is 13.0. The quantitative estimate of drug-likeness (QED) is 0.892. The van der Waals surface area contributed by atoms with E-state index in [0.717, 1.165) is 22.4 Å². The van der Waals surface area contributed by atoms with Gasteiger partial charge in [0.1, 0.15) is 15.8 Å². The van der Waals surface area contributed by atoms with Crippen molar-refractivity contribution in [1.82, 2.24) is 9.97 Å². The van der Waals surface area contributed by atoms with Crippen molar-refractivity contribution in [3.05, 3.63) is 30.5 Å². The predicted octanol–water partition coefficient (Wildman–Crippen LogP) is 2.46. The van der Waals surface area contributed by atoms with Crippen LogP contribution in [0.1, 0.15) is 0 Å². The maximum Gasteiger partial charge on any atom is 0.412 e. The number of rotatable bonds is 2. The number of hydrogen-bond donors (Lipinski definition) is 1. The second-order valence-electron chi connectivity index (χ2n) is 3.24. The van der Waals surface area contributed by atoms with Gasteiger partial charge in [-0.05, 0) is 6.07 Å². The third-order valence-corrected chi connectivity index (χ3v) is 3.19. The molecule has 2 heterocycles. The molecule has 7 heteroatoms. The Balaban J connectivity index is 2.33. The van der Waals surface area contributed by atoms with E-state index in [9.17, 15) is 9.18 Å². The van der Waals surface area contributed by atoms with Crippen molar-refractivity contribution in [3.8, 4) is 10.6 Å². The Kier molecular flexibility index (Phi) is 3.01. The Hall–Kier alpha value is -2.02. The first kappa shape index (κ1) is 11.5. The van der Waals surface area contributed by atoms with E-state index in [1.807, 2.05) is 0 Å². The van der Waals surface area contributed by atoms with E-state index >= 15 is 0 Å². The van der Waals surface area contributed by atoms with E-state index in [0.29, 0.717) is 15.6 Å². The zero-order valence-electron chi connectivity index (χ0n) is 8.79. The summed E-state index contributed by atoms with van der Waals surface area (Å²) in [5.41, 5.74) is 0.528. The van der Waals surface area contributed by atoms with Crippen LogP contribution in [0.2, 0.25) is 0 Å². The first-order valence-electron chi connectivity index (χ1n) is 4.61. The Bertz CT molecular complexity index is 558. The zero-order chi connectivity index (χ0) is 12.4. The van der Waals surface area contributed by atoms with E-state index in [2.05, 4.69) is 9.97 Å². The number of nitrogens with zero attached hydrogens (tertiary/aromatic N) is 3. The molecule has 0 saturated heterocycles. The van der Waals surface area contributed by atoms with Crippen LogP contribution in [0.3, 0.4) is 0 Å². The van der Waals surface area contributed by atoms with Crippen LogP contribution in [0, 0.1) is 5.82 Å². The van der Waals surface area contributed by atoms with Gasteiger partial charge in [-0.25, -0.2) is 14.2 Å². The van der Waals surface area contributed by atoms with Crippen molar-refractivity contribution in [2.24, 2.45) is 0 Å². The van der Waals surface area contributed by atoms with Gasteiger partial charge < -0.3 is 5.11 Å². The third kappa shape index (κ3) is 2.39. The molecule has 0 radical (unpaired) electrons. The summed E-state index contributed by atoms with van der Waals surface area (Å²) < 4.78 is 13.0. The van der Waals surface area contributed by atoms with Gasteiger partial charge in [-0.2, -0.15) is 0 Å². The number of amides is 1. The third-order valence-electron chi connectivity index (χ3n) is 2.06.